The highest BCUT2D eigenvalue weighted by molar-refractivity contribution is 7.09. The van der Waals surface area contributed by atoms with Gasteiger partial charge in [-0.15, -0.1) is 21.5 Å². The Balaban J connectivity index is 1.63. The number of hydrogen-bond donors (Lipinski definition) is 2. The standard InChI is InChI=1S/C19H23FN6S/c1-14-24-25-18(26(14)2)13-23-19(21-9-8-17-7-4-10-27-17)22-12-15-5-3-6-16(20)11-15/h3-7,10-11H,8-9,12-13H2,1-2H3,(H2,21,22,23). The van der Waals surface area contributed by atoms with Crippen molar-refractivity contribution in [2.45, 2.75) is 26.4 Å². The molecule has 3 aromatic rings. The Hall–Kier alpha value is -2.74. The first-order chi connectivity index (χ1) is 13.1. The predicted octanol–water partition coefficient (Wildman–Crippen LogP) is 2.80. The summed E-state index contributed by atoms with van der Waals surface area (Å²) in [5.74, 6) is 2.09. The molecule has 0 saturated carbocycles. The molecule has 0 aliphatic rings. The summed E-state index contributed by atoms with van der Waals surface area (Å²) in [7, 11) is 1.93. The molecule has 2 heterocycles. The summed E-state index contributed by atoms with van der Waals surface area (Å²) in [5.41, 5.74) is 0.823. The number of aliphatic imine (C=N–C) groups is 1. The van der Waals surface area contributed by atoms with E-state index in [1.165, 1.54) is 17.0 Å². The van der Waals surface area contributed by atoms with E-state index < -0.39 is 0 Å². The van der Waals surface area contributed by atoms with E-state index in [4.69, 9.17) is 0 Å². The highest BCUT2D eigenvalue weighted by Crippen LogP contribution is 2.08. The molecular weight excluding hydrogens is 363 g/mol. The van der Waals surface area contributed by atoms with Gasteiger partial charge in [0.1, 0.15) is 11.6 Å². The van der Waals surface area contributed by atoms with E-state index in [1.54, 1.807) is 17.4 Å². The number of benzene rings is 1. The number of guanidine groups is 1. The molecule has 6 nitrogen and oxygen atoms in total. The van der Waals surface area contributed by atoms with Crippen LogP contribution in [0.1, 0.15) is 22.1 Å². The van der Waals surface area contributed by atoms with Crippen LogP contribution in [0.4, 0.5) is 4.39 Å². The van der Waals surface area contributed by atoms with Crippen molar-refractivity contribution in [2.24, 2.45) is 12.0 Å². The molecule has 0 atom stereocenters. The van der Waals surface area contributed by atoms with Gasteiger partial charge in [-0.25, -0.2) is 9.38 Å². The Bertz CT molecular complexity index is 888. The maximum atomic E-state index is 13.4. The lowest BCUT2D eigenvalue weighted by molar-refractivity contribution is 0.625. The minimum absolute atomic E-state index is 0.252. The second kappa shape index (κ2) is 9.27. The Labute approximate surface area is 162 Å². The van der Waals surface area contributed by atoms with Crippen LogP contribution in [0.2, 0.25) is 0 Å². The number of rotatable bonds is 7. The van der Waals surface area contributed by atoms with E-state index in [1.807, 2.05) is 30.7 Å². The third-order valence-corrected chi connectivity index (χ3v) is 5.09. The summed E-state index contributed by atoms with van der Waals surface area (Å²) in [6.45, 7) is 3.57. The third kappa shape index (κ3) is 5.62. The average molecular weight is 387 g/mol. The molecule has 142 valence electrons. The van der Waals surface area contributed by atoms with Gasteiger partial charge in [-0.1, -0.05) is 18.2 Å². The van der Waals surface area contributed by atoms with Gasteiger partial charge >= 0.3 is 0 Å². The van der Waals surface area contributed by atoms with Crippen molar-refractivity contribution >= 4 is 17.3 Å². The van der Waals surface area contributed by atoms with Gasteiger partial charge in [0.25, 0.3) is 0 Å². The SMILES string of the molecule is Cc1nnc(CNC(=NCc2cccc(F)c2)NCCc2cccs2)n1C. The van der Waals surface area contributed by atoms with Crippen LogP contribution in [-0.4, -0.2) is 27.3 Å². The molecule has 0 spiro atoms. The fourth-order valence-corrected chi connectivity index (χ4v) is 3.22. The molecule has 0 aliphatic heterocycles. The maximum Gasteiger partial charge on any atom is 0.191 e. The van der Waals surface area contributed by atoms with E-state index in [9.17, 15) is 4.39 Å². The normalized spacial score (nSPS) is 11.6. The lowest BCUT2D eigenvalue weighted by Gasteiger charge is -2.12. The molecule has 0 unspecified atom stereocenters. The van der Waals surface area contributed by atoms with E-state index in [2.05, 4.69) is 37.3 Å². The monoisotopic (exact) mass is 386 g/mol. The molecule has 2 N–H and O–H groups in total. The fraction of sp³-hybridized carbons (Fsp3) is 0.316. The van der Waals surface area contributed by atoms with Gasteiger partial charge < -0.3 is 15.2 Å². The van der Waals surface area contributed by atoms with Crippen molar-refractivity contribution in [1.82, 2.24) is 25.4 Å². The molecule has 0 bridgehead atoms. The Morgan fingerprint density at radius 3 is 2.81 bits per heavy atom. The molecule has 1 aromatic carbocycles. The van der Waals surface area contributed by atoms with E-state index in [-0.39, 0.29) is 5.82 Å². The number of aryl methyl sites for hydroxylation is 1. The van der Waals surface area contributed by atoms with E-state index in [0.717, 1.165) is 30.2 Å². The molecule has 0 saturated heterocycles. The van der Waals surface area contributed by atoms with Crippen molar-refractivity contribution in [3.8, 4) is 0 Å². The smallest absolute Gasteiger partial charge is 0.191 e. The molecule has 0 fully saturated rings. The van der Waals surface area contributed by atoms with Crippen LogP contribution in [0.5, 0.6) is 0 Å². The van der Waals surface area contributed by atoms with Crippen molar-refractivity contribution in [1.29, 1.82) is 0 Å². The molecule has 3 rings (SSSR count). The van der Waals surface area contributed by atoms with Gasteiger partial charge in [0.2, 0.25) is 0 Å². The fourth-order valence-electron chi connectivity index (χ4n) is 2.51. The van der Waals surface area contributed by atoms with Crippen molar-refractivity contribution < 1.29 is 4.39 Å². The third-order valence-electron chi connectivity index (χ3n) is 4.15. The van der Waals surface area contributed by atoms with Crippen LogP contribution >= 0.6 is 11.3 Å². The average Bonchev–Trinajstić information content (AvgIpc) is 3.28. The molecule has 0 amide bonds. The summed E-state index contributed by atoms with van der Waals surface area (Å²) in [6.07, 6.45) is 0.918. The summed E-state index contributed by atoms with van der Waals surface area (Å²) in [6, 6.07) is 10.7. The summed E-state index contributed by atoms with van der Waals surface area (Å²) in [5, 5.41) is 16.9. The predicted molar refractivity (Wildman–Crippen MR) is 106 cm³/mol. The van der Waals surface area contributed by atoms with Crippen LogP contribution in [0.3, 0.4) is 0 Å². The lowest BCUT2D eigenvalue weighted by Crippen LogP contribution is -2.38. The first kappa shape index (κ1) is 19.0. The van der Waals surface area contributed by atoms with Gasteiger partial charge in [0.05, 0.1) is 13.1 Å². The molecular formula is C19H23FN6S. The second-order valence-electron chi connectivity index (χ2n) is 6.13. The summed E-state index contributed by atoms with van der Waals surface area (Å²) in [4.78, 5) is 5.89. The van der Waals surface area contributed by atoms with Crippen LogP contribution in [0, 0.1) is 12.7 Å². The van der Waals surface area contributed by atoms with E-state index >= 15 is 0 Å². The van der Waals surface area contributed by atoms with Crippen molar-refractivity contribution in [3.63, 3.8) is 0 Å². The first-order valence-corrected chi connectivity index (χ1v) is 9.63. The maximum absolute atomic E-state index is 13.4. The van der Waals surface area contributed by atoms with Gasteiger partial charge in [-0.2, -0.15) is 0 Å². The van der Waals surface area contributed by atoms with Gasteiger partial charge in [0.15, 0.2) is 11.8 Å². The minimum Gasteiger partial charge on any atom is -0.356 e. The van der Waals surface area contributed by atoms with Gasteiger partial charge in [0, 0.05) is 18.5 Å². The largest absolute Gasteiger partial charge is 0.356 e. The Morgan fingerprint density at radius 2 is 2.11 bits per heavy atom. The van der Waals surface area contributed by atoms with Crippen molar-refractivity contribution in [3.05, 3.63) is 69.7 Å². The zero-order chi connectivity index (χ0) is 19.1. The zero-order valence-electron chi connectivity index (χ0n) is 15.4. The molecule has 27 heavy (non-hydrogen) atoms. The van der Waals surface area contributed by atoms with Crippen LogP contribution < -0.4 is 10.6 Å². The molecule has 0 radical (unpaired) electrons. The topological polar surface area (TPSA) is 67.1 Å². The number of halogens is 1. The van der Waals surface area contributed by atoms with Gasteiger partial charge in [-0.05, 0) is 42.5 Å². The molecule has 2 aromatic heterocycles. The quantitative estimate of drug-likeness (QED) is 0.484. The highest BCUT2D eigenvalue weighted by atomic mass is 32.1. The van der Waals surface area contributed by atoms with Crippen molar-refractivity contribution in [2.75, 3.05) is 6.54 Å². The second-order valence-corrected chi connectivity index (χ2v) is 7.16. The summed E-state index contributed by atoms with van der Waals surface area (Å²) < 4.78 is 15.3. The Morgan fingerprint density at radius 1 is 1.22 bits per heavy atom. The number of nitrogens with zero attached hydrogens (tertiary/aromatic N) is 4. The Kier molecular flexibility index (Phi) is 6.54. The first-order valence-electron chi connectivity index (χ1n) is 8.75. The van der Waals surface area contributed by atoms with Crippen LogP contribution in [0.25, 0.3) is 0 Å². The van der Waals surface area contributed by atoms with E-state index in [0.29, 0.717) is 19.0 Å². The van der Waals surface area contributed by atoms with Crippen LogP contribution in [0.15, 0.2) is 46.8 Å². The van der Waals surface area contributed by atoms with Crippen LogP contribution in [-0.2, 0) is 26.6 Å². The molecule has 8 heteroatoms. The highest BCUT2D eigenvalue weighted by Gasteiger charge is 2.06. The summed E-state index contributed by atoms with van der Waals surface area (Å²) >= 11 is 1.74. The molecule has 0 aliphatic carbocycles. The number of thiophene rings is 1. The lowest BCUT2D eigenvalue weighted by atomic mass is 10.2. The number of aromatic nitrogens is 3. The zero-order valence-corrected chi connectivity index (χ0v) is 16.3. The number of nitrogens with one attached hydrogen (secondary N) is 2. The van der Waals surface area contributed by atoms with Gasteiger partial charge in [-0.3, -0.25) is 0 Å². The minimum atomic E-state index is -0.252. The number of hydrogen-bond acceptors (Lipinski definition) is 4.